The fourth-order valence-corrected chi connectivity index (χ4v) is 3.35. The Morgan fingerprint density at radius 2 is 2.05 bits per heavy atom. The number of para-hydroxylation sites is 1. The fraction of sp³-hybridized carbons (Fsp3) is 0.438. The fourth-order valence-electron chi connectivity index (χ4n) is 3.35. The largest absolute Gasteiger partial charge is 0.388 e. The molecule has 0 aliphatic carbocycles. The summed E-state index contributed by atoms with van der Waals surface area (Å²) < 4.78 is 12.9. The lowest BCUT2D eigenvalue weighted by Gasteiger charge is -2.17. The molecule has 0 bridgehead atoms. The van der Waals surface area contributed by atoms with E-state index in [2.05, 4.69) is 5.32 Å². The van der Waals surface area contributed by atoms with Gasteiger partial charge in [0.05, 0.1) is 19.3 Å². The number of aryl methyl sites for hydroxylation is 1. The lowest BCUT2D eigenvalue weighted by atomic mass is 10.1. The maximum Gasteiger partial charge on any atom is 0.268 e. The van der Waals surface area contributed by atoms with E-state index in [-0.39, 0.29) is 30.8 Å². The minimum Gasteiger partial charge on any atom is -0.388 e. The van der Waals surface area contributed by atoms with Crippen molar-refractivity contribution in [3.63, 3.8) is 0 Å². The van der Waals surface area contributed by atoms with Crippen LogP contribution in [0.15, 0.2) is 30.3 Å². The summed E-state index contributed by atoms with van der Waals surface area (Å²) in [5.41, 5.74) is 1.61. The van der Waals surface area contributed by atoms with Crippen LogP contribution in [0.25, 0.3) is 10.9 Å². The summed E-state index contributed by atoms with van der Waals surface area (Å²) in [5.74, 6) is -0.155. The highest BCUT2D eigenvalue weighted by Gasteiger charge is 2.47. The summed E-state index contributed by atoms with van der Waals surface area (Å²) in [7, 11) is 1.88. The van der Waals surface area contributed by atoms with Gasteiger partial charge < -0.3 is 24.5 Å². The summed E-state index contributed by atoms with van der Waals surface area (Å²) in [4.78, 5) is 12.6. The normalized spacial score (nSPS) is 30.6. The van der Waals surface area contributed by atoms with Gasteiger partial charge in [-0.05, 0) is 12.1 Å². The first-order valence-electron chi connectivity index (χ1n) is 7.42. The number of ether oxygens (including phenoxy) is 2. The standard InChI is InChI=1S/C16H18N2O4/c1-18-11-5-3-2-4-9(11)6-12(18)16(20)17-10-7-21-15-13(19)8-22-14(10)15/h2-6,10,13-15,19H,7-8H2,1H3,(H,17,20)/t10-,13-,14-,15-/m1/s1. The second-order valence-electron chi connectivity index (χ2n) is 5.89. The van der Waals surface area contributed by atoms with Crippen LogP contribution in [-0.2, 0) is 16.5 Å². The number of hydrogen-bond donors (Lipinski definition) is 2. The Hall–Kier alpha value is -1.89. The van der Waals surface area contributed by atoms with Crippen molar-refractivity contribution >= 4 is 16.8 Å². The Bertz CT molecular complexity index is 726. The Kier molecular flexibility index (Phi) is 3.18. The van der Waals surface area contributed by atoms with Gasteiger partial charge in [-0.15, -0.1) is 0 Å². The number of hydrogen-bond acceptors (Lipinski definition) is 4. The Labute approximate surface area is 127 Å². The number of rotatable bonds is 2. The van der Waals surface area contributed by atoms with Crippen LogP contribution < -0.4 is 5.32 Å². The molecule has 1 aromatic heterocycles. The molecule has 1 aromatic carbocycles. The topological polar surface area (TPSA) is 72.7 Å². The van der Waals surface area contributed by atoms with Crippen LogP contribution in [0.5, 0.6) is 0 Å². The number of nitrogens with one attached hydrogen (secondary N) is 1. The molecule has 3 heterocycles. The molecular formula is C16H18N2O4. The average Bonchev–Trinajstić information content (AvgIpc) is 3.17. The molecule has 2 fully saturated rings. The molecule has 0 unspecified atom stereocenters. The lowest BCUT2D eigenvalue weighted by Crippen LogP contribution is -2.44. The molecular weight excluding hydrogens is 284 g/mol. The summed E-state index contributed by atoms with van der Waals surface area (Å²) in [6.07, 6.45) is -1.21. The van der Waals surface area contributed by atoms with E-state index in [0.717, 1.165) is 10.9 Å². The quantitative estimate of drug-likeness (QED) is 0.844. The number of amides is 1. The molecule has 116 valence electrons. The highest BCUT2D eigenvalue weighted by molar-refractivity contribution is 5.98. The lowest BCUT2D eigenvalue weighted by molar-refractivity contribution is 0.0178. The smallest absolute Gasteiger partial charge is 0.268 e. The highest BCUT2D eigenvalue weighted by Crippen LogP contribution is 2.27. The van der Waals surface area contributed by atoms with E-state index in [1.165, 1.54) is 0 Å². The summed E-state index contributed by atoms with van der Waals surface area (Å²) in [6.45, 7) is 0.623. The van der Waals surface area contributed by atoms with E-state index in [9.17, 15) is 9.90 Å². The molecule has 2 aromatic rings. The Balaban J connectivity index is 1.56. The minimum atomic E-state index is -0.607. The zero-order chi connectivity index (χ0) is 15.3. The van der Waals surface area contributed by atoms with Gasteiger partial charge in [0, 0.05) is 18.0 Å². The predicted molar refractivity (Wildman–Crippen MR) is 79.7 cm³/mol. The average molecular weight is 302 g/mol. The Morgan fingerprint density at radius 3 is 2.86 bits per heavy atom. The van der Waals surface area contributed by atoms with Crippen LogP contribution in [0, 0.1) is 0 Å². The number of nitrogens with zero attached hydrogens (tertiary/aromatic N) is 1. The highest BCUT2D eigenvalue weighted by atomic mass is 16.6. The molecule has 2 aliphatic heterocycles. The van der Waals surface area contributed by atoms with E-state index in [0.29, 0.717) is 12.3 Å². The summed E-state index contributed by atoms with van der Waals surface area (Å²) >= 11 is 0. The molecule has 0 spiro atoms. The van der Waals surface area contributed by atoms with Crippen molar-refractivity contribution in [1.29, 1.82) is 0 Å². The van der Waals surface area contributed by atoms with Crippen LogP contribution in [-0.4, -0.2) is 53.1 Å². The van der Waals surface area contributed by atoms with Crippen molar-refractivity contribution in [3.8, 4) is 0 Å². The molecule has 4 atom stereocenters. The number of fused-ring (bicyclic) bond motifs is 2. The van der Waals surface area contributed by atoms with Gasteiger partial charge in [-0.2, -0.15) is 0 Å². The van der Waals surface area contributed by atoms with E-state index >= 15 is 0 Å². The van der Waals surface area contributed by atoms with Gasteiger partial charge in [0.1, 0.15) is 24.0 Å². The second kappa shape index (κ2) is 5.08. The maximum atomic E-state index is 12.6. The first kappa shape index (κ1) is 13.8. The zero-order valence-corrected chi connectivity index (χ0v) is 12.2. The second-order valence-corrected chi connectivity index (χ2v) is 5.89. The van der Waals surface area contributed by atoms with Crippen LogP contribution in [0.3, 0.4) is 0 Å². The van der Waals surface area contributed by atoms with E-state index in [4.69, 9.17) is 9.47 Å². The summed E-state index contributed by atoms with van der Waals surface area (Å²) in [5, 5.41) is 13.7. The van der Waals surface area contributed by atoms with E-state index < -0.39 is 6.10 Å². The molecule has 2 N–H and O–H groups in total. The third kappa shape index (κ3) is 2.03. The molecule has 2 aliphatic rings. The molecule has 2 saturated heterocycles. The molecule has 22 heavy (non-hydrogen) atoms. The van der Waals surface area contributed by atoms with Crippen molar-refractivity contribution in [2.75, 3.05) is 13.2 Å². The molecule has 4 rings (SSSR count). The van der Waals surface area contributed by atoms with Gasteiger partial charge in [-0.1, -0.05) is 18.2 Å². The van der Waals surface area contributed by atoms with E-state index in [1.807, 2.05) is 41.9 Å². The van der Waals surface area contributed by atoms with Crippen molar-refractivity contribution in [2.24, 2.45) is 7.05 Å². The van der Waals surface area contributed by atoms with Gasteiger partial charge in [0.2, 0.25) is 0 Å². The number of aromatic nitrogens is 1. The Morgan fingerprint density at radius 1 is 1.27 bits per heavy atom. The predicted octanol–water partition coefficient (Wildman–Crippen LogP) is 0.435. The van der Waals surface area contributed by atoms with Gasteiger partial charge in [0.15, 0.2) is 0 Å². The molecule has 1 amide bonds. The molecule has 0 saturated carbocycles. The number of benzene rings is 1. The number of aliphatic hydroxyl groups is 1. The van der Waals surface area contributed by atoms with Crippen LogP contribution in [0.2, 0.25) is 0 Å². The molecule has 0 radical (unpaired) electrons. The van der Waals surface area contributed by atoms with Crippen molar-refractivity contribution in [3.05, 3.63) is 36.0 Å². The van der Waals surface area contributed by atoms with Crippen molar-refractivity contribution in [1.82, 2.24) is 9.88 Å². The number of carbonyl (C=O) groups excluding carboxylic acids is 1. The first-order chi connectivity index (χ1) is 10.6. The van der Waals surface area contributed by atoms with Gasteiger partial charge in [-0.3, -0.25) is 4.79 Å². The van der Waals surface area contributed by atoms with Crippen LogP contribution in [0.1, 0.15) is 10.5 Å². The summed E-state index contributed by atoms with van der Waals surface area (Å²) in [6, 6.07) is 9.52. The van der Waals surface area contributed by atoms with Crippen LogP contribution in [0.4, 0.5) is 0 Å². The SMILES string of the molecule is Cn1c(C(=O)N[C@@H]2CO[C@H]3[C@@H]2OC[C@H]3O)cc2ccccc21. The minimum absolute atomic E-state index is 0.155. The molecule has 6 nitrogen and oxygen atoms in total. The van der Waals surface area contributed by atoms with Gasteiger partial charge in [0.25, 0.3) is 5.91 Å². The number of carbonyl (C=O) groups is 1. The number of aliphatic hydroxyl groups excluding tert-OH is 1. The third-order valence-electron chi connectivity index (χ3n) is 4.53. The van der Waals surface area contributed by atoms with Crippen molar-refractivity contribution in [2.45, 2.75) is 24.4 Å². The van der Waals surface area contributed by atoms with Crippen LogP contribution >= 0.6 is 0 Å². The van der Waals surface area contributed by atoms with Crippen molar-refractivity contribution < 1.29 is 19.4 Å². The van der Waals surface area contributed by atoms with E-state index in [1.54, 1.807) is 0 Å². The van der Waals surface area contributed by atoms with Gasteiger partial charge in [-0.25, -0.2) is 0 Å². The zero-order valence-electron chi connectivity index (χ0n) is 12.2. The molecule has 6 heteroatoms. The first-order valence-corrected chi connectivity index (χ1v) is 7.42. The monoisotopic (exact) mass is 302 g/mol. The maximum absolute atomic E-state index is 12.6. The van der Waals surface area contributed by atoms with Gasteiger partial charge >= 0.3 is 0 Å². The third-order valence-corrected chi connectivity index (χ3v) is 4.53.